The van der Waals surface area contributed by atoms with E-state index in [9.17, 15) is 4.79 Å². The van der Waals surface area contributed by atoms with Gasteiger partial charge in [0, 0.05) is 11.1 Å². The van der Waals surface area contributed by atoms with Crippen LogP contribution in [0.25, 0.3) is 0 Å². The zero-order valence-electron chi connectivity index (χ0n) is 12.9. The van der Waals surface area contributed by atoms with Gasteiger partial charge in [-0.25, -0.2) is 0 Å². The first-order chi connectivity index (χ1) is 11.7. The molecule has 3 rings (SSSR count). The van der Waals surface area contributed by atoms with Gasteiger partial charge < -0.3 is 15.8 Å². The summed E-state index contributed by atoms with van der Waals surface area (Å²) in [7, 11) is 0. The molecule has 0 saturated heterocycles. The van der Waals surface area contributed by atoms with Crippen LogP contribution in [0.3, 0.4) is 0 Å². The first-order valence-electron chi connectivity index (χ1n) is 7.45. The highest BCUT2D eigenvalue weighted by Crippen LogP contribution is 2.30. The number of para-hydroxylation sites is 1. The Hall–Kier alpha value is -2.86. The van der Waals surface area contributed by atoms with E-state index in [0.29, 0.717) is 30.2 Å². The first-order valence-corrected chi connectivity index (χ1v) is 8.33. The molecule has 0 radical (unpaired) electrons. The largest absolute Gasteiger partial charge is 0.487 e. The van der Waals surface area contributed by atoms with E-state index in [1.165, 1.54) is 0 Å². The van der Waals surface area contributed by atoms with Crippen molar-refractivity contribution in [2.24, 2.45) is 5.73 Å². The minimum Gasteiger partial charge on any atom is -0.487 e. The van der Waals surface area contributed by atoms with Crippen LogP contribution in [0.15, 0.2) is 60.2 Å². The van der Waals surface area contributed by atoms with Crippen LogP contribution in [-0.4, -0.2) is 10.9 Å². The van der Waals surface area contributed by atoms with Crippen molar-refractivity contribution in [1.29, 1.82) is 0 Å². The molecule has 0 saturated carbocycles. The zero-order chi connectivity index (χ0) is 16.8. The second-order valence-electron chi connectivity index (χ2n) is 5.14. The molecule has 0 fully saturated rings. The number of hydrogen-bond acceptors (Lipinski definition) is 5. The van der Waals surface area contributed by atoms with Crippen LogP contribution in [-0.2, 0) is 13.2 Å². The van der Waals surface area contributed by atoms with Gasteiger partial charge in [-0.15, -0.1) is 11.3 Å². The molecule has 3 N–H and O–H groups in total. The summed E-state index contributed by atoms with van der Waals surface area (Å²) in [5.41, 5.74) is 9.33. The predicted octanol–water partition coefficient (Wildman–Crippen LogP) is 3.43. The number of anilines is 1. The average Bonchev–Trinajstić information content (AvgIpc) is 3.12. The number of nitrogens with one attached hydrogen (secondary N) is 1. The summed E-state index contributed by atoms with van der Waals surface area (Å²) in [6, 6.07) is 15.1. The molecule has 3 aromatic rings. The number of carbonyl (C=O) groups excluding carboxylic acids is 1. The normalized spacial score (nSPS) is 10.3. The van der Waals surface area contributed by atoms with Gasteiger partial charge in [-0.2, -0.15) is 0 Å². The van der Waals surface area contributed by atoms with Crippen molar-refractivity contribution in [2.45, 2.75) is 13.2 Å². The van der Waals surface area contributed by atoms with Gasteiger partial charge in [0.25, 0.3) is 5.91 Å². The Morgan fingerprint density at radius 2 is 2.00 bits per heavy atom. The van der Waals surface area contributed by atoms with Crippen molar-refractivity contribution < 1.29 is 9.53 Å². The lowest BCUT2D eigenvalue weighted by Gasteiger charge is -2.15. The Morgan fingerprint density at radius 3 is 2.71 bits per heavy atom. The van der Waals surface area contributed by atoms with Crippen LogP contribution >= 0.6 is 11.3 Å². The predicted molar refractivity (Wildman–Crippen MR) is 95.2 cm³/mol. The summed E-state index contributed by atoms with van der Waals surface area (Å²) in [6.45, 7) is 0.967. The molecule has 122 valence electrons. The number of carbonyl (C=O) groups is 1. The lowest BCUT2D eigenvalue weighted by Crippen LogP contribution is -2.15. The molecule has 0 spiro atoms. The highest BCUT2D eigenvalue weighted by molar-refractivity contribution is 7.09. The van der Waals surface area contributed by atoms with E-state index in [1.807, 2.05) is 36.4 Å². The molecular weight excluding hydrogens is 322 g/mol. The summed E-state index contributed by atoms with van der Waals surface area (Å²) in [4.78, 5) is 16.8. The summed E-state index contributed by atoms with van der Waals surface area (Å²) in [5.74, 6) is 0.103. The molecule has 6 heteroatoms. The van der Waals surface area contributed by atoms with E-state index in [2.05, 4.69) is 10.3 Å². The second kappa shape index (κ2) is 7.61. The molecular formula is C18H17N3O2S. The number of amides is 1. The Balaban J connectivity index is 1.81. The van der Waals surface area contributed by atoms with Crippen molar-refractivity contribution in [1.82, 2.24) is 4.98 Å². The molecule has 0 bridgehead atoms. The van der Waals surface area contributed by atoms with Crippen molar-refractivity contribution in [3.63, 3.8) is 0 Å². The van der Waals surface area contributed by atoms with Gasteiger partial charge in [0.15, 0.2) is 0 Å². The van der Waals surface area contributed by atoms with E-state index in [4.69, 9.17) is 10.5 Å². The molecule has 5 nitrogen and oxygen atoms in total. The monoisotopic (exact) mass is 339 g/mol. The molecule has 0 aliphatic heterocycles. The fraction of sp³-hybridized carbons (Fsp3) is 0.111. The third kappa shape index (κ3) is 3.91. The van der Waals surface area contributed by atoms with Crippen molar-refractivity contribution >= 4 is 22.9 Å². The minimum absolute atomic E-state index is 0.407. The van der Waals surface area contributed by atoms with Gasteiger partial charge in [0.2, 0.25) is 0 Å². The maximum atomic E-state index is 11.7. The van der Waals surface area contributed by atoms with Crippen molar-refractivity contribution in [3.05, 3.63) is 76.2 Å². The van der Waals surface area contributed by atoms with E-state index < -0.39 is 5.91 Å². The van der Waals surface area contributed by atoms with Crippen molar-refractivity contribution in [2.75, 3.05) is 5.32 Å². The Bertz CT molecular complexity index is 804. The van der Waals surface area contributed by atoms with Gasteiger partial charge in [0.1, 0.15) is 12.4 Å². The fourth-order valence-corrected chi connectivity index (χ4v) is 2.81. The van der Waals surface area contributed by atoms with Gasteiger partial charge in [-0.1, -0.05) is 36.4 Å². The SMILES string of the molecule is NC(=O)c1cccc(OCc2ccccc2)c1NCc1cncs1. The standard InChI is InChI=1S/C18H17N3O2S/c19-18(22)15-7-4-8-16(23-11-13-5-2-1-3-6-13)17(15)21-10-14-9-20-12-24-14/h1-9,12,21H,10-11H2,(H2,19,22). The van der Waals surface area contributed by atoms with Crippen molar-refractivity contribution in [3.8, 4) is 5.75 Å². The molecule has 0 aliphatic carbocycles. The minimum atomic E-state index is -0.494. The molecule has 24 heavy (non-hydrogen) atoms. The van der Waals surface area contributed by atoms with Crippen LogP contribution in [0.5, 0.6) is 5.75 Å². The number of rotatable bonds is 7. The van der Waals surface area contributed by atoms with Gasteiger partial charge in [0.05, 0.1) is 23.3 Å². The Morgan fingerprint density at radius 1 is 1.17 bits per heavy atom. The summed E-state index contributed by atoms with van der Waals surface area (Å²) in [5, 5.41) is 3.25. The number of aromatic nitrogens is 1. The second-order valence-corrected chi connectivity index (χ2v) is 6.11. The summed E-state index contributed by atoms with van der Waals surface area (Å²) >= 11 is 1.54. The number of primary amides is 1. The molecule has 0 atom stereocenters. The Kier molecular flexibility index (Phi) is 5.08. The molecule has 2 aromatic carbocycles. The van der Waals surface area contributed by atoms with E-state index in [0.717, 1.165) is 10.4 Å². The molecule has 1 heterocycles. The topological polar surface area (TPSA) is 77.2 Å². The van der Waals surface area contributed by atoms with Gasteiger partial charge in [-0.05, 0) is 17.7 Å². The van der Waals surface area contributed by atoms with E-state index >= 15 is 0 Å². The number of nitrogens with zero attached hydrogens (tertiary/aromatic N) is 1. The number of thiazole rings is 1. The number of nitrogens with two attached hydrogens (primary N) is 1. The maximum Gasteiger partial charge on any atom is 0.250 e. The summed E-state index contributed by atoms with van der Waals surface area (Å²) < 4.78 is 5.90. The lowest BCUT2D eigenvalue weighted by atomic mass is 10.1. The molecule has 0 unspecified atom stereocenters. The van der Waals surface area contributed by atoms with Gasteiger partial charge in [-0.3, -0.25) is 9.78 Å². The highest BCUT2D eigenvalue weighted by atomic mass is 32.1. The highest BCUT2D eigenvalue weighted by Gasteiger charge is 2.14. The molecule has 1 amide bonds. The summed E-state index contributed by atoms with van der Waals surface area (Å²) in [6.07, 6.45) is 1.79. The van der Waals surface area contributed by atoms with Crippen LogP contribution in [0.1, 0.15) is 20.8 Å². The van der Waals surface area contributed by atoms with Crippen LogP contribution < -0.4 is 15.8 Å². The van der Waals surface area contributed by atoms with E-state index in [-0.39, 0.29) is 0 Å². The number of benzene rings is 2. The molecule has 0 aliphatic rings. The fourth-order valence-electron chi connectivity index (χ4n) is 2.28. The quantitative estimate of drug-likeness (QED) is 0.691. The smallest absolute Gasteiger partial charge is 0.250 e. The zero-order valence-corrected chi connectivity index (χ0v) is 13.8. The van der Waals surface area contributed by atoms with Crippen LogP contribution in [0.4, 0.5) is 5.69 Å². The van der Waals surface area contributed by atoms with Crippen LogP contribution in [0.2, 0.25) is 0 Å². The molecule has 1 aromatic heterocycles. The number of ether oxygens (including phenoxy) is 1. The average molecular weight is 339 g/mol. The van der Waals surface area contributed by atoms with Gasteiger partial charge >= 0.3 is 0 Å². The lowest BCUT2D eigenvalue weighted by molar-refractivity contribution is 0.100. The van der Waals surface area contributed by atoms with E-state index in [1.54, 1.807) is 35.2 Å². The Labute approximate surface area is 144 Å². The van der Waals surface area contributed by atoms with Crippen LogP contribution in [0, 0.1) is 0 Å². The maximum absolute atomic E-state index is 11.7. The third-order valence-electron chi connectivity index (χ3n) is 3.45. The number of hydrogen-bond donors (Lipinski definition) is 2. The first kappa shape index (κ1) is 16.0. The third-order valence-corrected chi connectivity index (χ3v) is 4.23.